The van der Waals surface area contributed by atoms with Gasteiger partial charge < -0.3 is 13.9 Å². The maximum atomic E-state index is 6.23. The number of nitrogens with zero attached hydrogens (tertiary/aromatic N) is 3. The number of halogens is 1. The minimum atomic E-state index is 0.0262. The molecule has 2 aromatic carbocycles. The standard InChI is InChI=1S/C22H18ClN3O3S/c1-27-15-7-4-13(5-8-15)20-12-17(16-11-14(23)6-9-18(16)29-20)24-22-26-25-21(30-22)19-3-2-10-28-19/h4-9,11-12,19H,2-3,10H2,1H3/b24-17+. The molecule has 8 heteroatoms. The average Bonchev–Trinajstić information content (AvgIpc) is 3.46. The number of benzene rings is 2. The molecular formula is C22H18ClN3O3S. The second kappa shape index (κ2) is 8.18. The predicted molar refractivity (Wildman–Crippen MR) is 116 cm³/mol. The fraction of sp³-hybridized carbons (Fsp3) is 0.227. The first kappa shape index (κ1) is 19.2. The minimum Gasteiger partial charge on any atom is -0.497 e. The highest BCUT2D eigenvalue weighted by molar-refractivity contribution is 7.15. The Bertz CT molecular complexity index is 1260. The third-order valence-corrected chi connectivity index (χ3v) is 6.08. The summed E-state index contributed by atoms with van der Waals surface area (Å²) in [6.45, 7) is 0.769. The van der Waals surface area contributed by atoms with E-state index in [-0.39, 0.29) is 6.10 Å². The molecule has 6 nitrogen and oxygen atoms in total. The Balaban J connectivity index is 1.63. The Labute approximate surface area is 181 Å². The number of hydrogen-bond donors (Lipinski definition) is 0. The molecule has 0 N–H and O–H groups in total. The number of rotatable bonds is 4. The van der Waals surface area contributed by atoms with Gasteiger partial charge in [-0.25, -0.2) is 4.99 Å². The van der Waals surface area contributed by atoms with Crippen molar-refractivity contribution < 1.29 is 13.9 Å². The van der Waals surface area contributed by atoms with Crippen LogP contribution >= 0.6 is 22.9 Å². The summed E-state index contributed by atoms with van der Waals surface area (Å²) < 4.78 is 17.1. The molecule has 0 aliphatic carbocycles. The second-order valence-electron chi connectivity index (χ2n) is 6.90. The summed E-state index contributed by atoms with van der Waals surface area (Å²) >= 11 is 7.69. The Morgan fingerprint density at radius 3 is 2.77 bits per heavy atom. The highest BCUT2D eigenvalue weighted by Gasteiger charge is 2.21. The quantitative estimate of drug-likeness (QED) is 0.408. The average molecular weight is 440 g/mol. The van der Waals surface area contributed by atoms with Crippen LogP contribution < -0.4 is 10.1 Å². The molecule has 1 fully saturated rings. The van der Waals surface area contributed by atoms with E-state index in [1.807, 2.05) is 42.5 Å². The zero-order valence-electron chi connectivity index (χ0n) is 16.2. The summed E-state index contributed by atoms with van der Waals surface area (Å²) in [6, 6.07) is 15.1. The van der Waals surface area contributed by atoms with Crippen molar-refractivity contribution in [3.05, 3.63) is 63.9 Å². The number of aromatic nitrogens is 2. The van der Waals surface area contributed by atoms with Gasteiger partial charge in [-0.2, -0.15) is 0 Å². The summed E-state index contributed by atoms with van der Waals surface area (Å²) in [5.41, 5.74) is 1.61. The van der Waals surface area contributed by atoms with Crippen LogP contribution in [0, 0.1) is 0 Å². The van der Waals surface area contributed by atoms with Crippen molar-refractivity contribution in [3.63, 3.8) is 0 Å². The lowest BCUT2D eigenvalue weighted by atomic mass is 10.1. The molecule has 0 saturated carbocycles. The molecule has 2 aromatic heterocycles. The molecule has 0 spiro atoms. The lowest BCUT2D eigenvalue weighted by molar-refractivity contribution is 0.111. The fourth-order valence-corrected chi connectivity index (χ4v) is 4.39. The molecule has 3 heterocycles. The van der Waals surface area contributed by atoms with Crippen molar-refractivity contribution in [2.24, 2.45) is 4.99 Å². The Kier molecular flexibility index (Phi) is 5.25. The first-order chi connectivity index (χ1) is 14.7. The molecule has 0 radical (unpaired) electrons. The van der Waals surface area contributed by atoms with Crippen LogP contribution in [0.5, 0.6) is 5.75 Å². The summed E-state index contributed by atoms with van der Waals surface area (Å²) in [7, 11) is 1.64. The minimum absolute atomic E-state index is 0.0262. The van der Waals surface area contributed by atoms with Gasteiger partial charge in [-0.15, -0.1) is 10.2 Å². The summed E-state index contributed by atoms with van der Waals surface area (Å²) in [5.74, 6) is 1.47. The number of hydrogen-bond acceptors (Lipinski definition) is 7. The van der Waals surface area contributed by atoms with Crippen LogP contribution in [0.25, 0.3) is 22.3 Å². The zero-order chi connectivity index (χ0) is 20.5. The number of ether oxygens (including phenoxy) is 2. The van der Waals surface area contributed by atoms with Crippen molar-refractivity contribution in [2.45, 2.75) is 18.9 Å². The topological polar surface area (TPSA) is 69.7 Å². The molecule has 152 valence electrons. The molecule has 1 unspecified atom stereocenters. The van der Waals surface area contributed by atoms with Crippen molar-refractivity contribution in [1.82, 2.24) is 10.2 Å². The number of methoxy groups -OCH3 is 1. The summed E-state index contributed by atoms with van der Waals surface area (Å²) in [6.07, 6.45) is 2.04. The highest BCUT2D eigenvalue weighted by atomic mass is 35.5. The molecule has 1 saturated heterocycles. The van der Waals surface area contributed by atoms with Gasteiger partial charge in [-0.05, 0) is 55.3 Å². The van der Waals surface area contributed by atoms with E-state index in [0.717, 1.165) is 46.5 Å². The van der Waals surface area contributed by atoms with Crippen LogP contribution in [0.4, 0.5) is 5.13 Å². The van der Waals surface area contributed by atoms with Gasteiger partial charge in [-0.3, -0.25) is 0 Å². The van der Waals surface area contributed by atoms with Crippen LogP contribution in [0.15, 0.2) is 57.9 Å². The van der Waals surface area contributed by atoms with Gasteiger partial charge in [0, 0.05) is 28.6 Å². The Morgan fingerprint density at radius 2 is 2.00 bits per heavy atom. The van der Waals surface area contributed by atoms with E-state index in [9.17, 15) is 0 Å². The van der Waals surface area contributed by atoms with Crippen LogP contribution in [-0.2, 0) is 4.74 Å². The molecule has 30 heavy (non-hydrogen) atoms. The van der Waals surface area contributed by atoms with Gasteiger partial charge >= 0.3 is 0 Å². The van der Waals surface area contributed by atoms with Gasteiger partial charge in [0.15, 0.2) is 0 Å². The third kappa shape index (κ3) is 3.84. The van der Waals surface area contributed by atoms with Crippen molar-refractivity contribution >= 4 is 39.0 Å². The van der Waals surface area contributed by atoms with E-state index >= 15 is 0 Å². The van der Waals surface area contributed by atoms with Gasteiger partial charge in [0.05, 0.1) is 12.5 Å². The first-order valence-corrected chi connectivity index (χ1v) is 10.8. The smallest absolute Gasteiger partial charge is 0.232 e. The highest BCUT2D eigenvalue weighted by Crippen LogP contribution is 2.33. The lowest BCUT2D eigenvalue weighted by Crippen LogP contribution is -2.03. The molecular weight excluding hydrogens is 422 g/mol. The first-order valence-electron chi connectivity index (χ1n) is 9.57. The normalized spacial score (nSPS) is 17.0. The molecule has 1 aliphatic rings. The fourth-order valence-electron chi connectivity index (χ4n) is 3.41. The molecule has 1 aliphatic heterocycles. The van der Waals surface area contributed by atoms with E-state index in [4.69, 9.17) is 30.5 Å². The summed E-state index contributed by atoms with van der Waals surface area (Å²) in [4.78, 5) is 4.77. The van der Waals surface area contributed by atoms with E-state index in [2.05, 4.69) is 10.2 Å². The van der Waals surface area contributed by atoms with E-state index in [1.54, 1.807) is 13.2 Å². The van der Waals surface area contributed by atoms with Crippen LogP contribution in [-0.4, -0.2) is 23.9 Å². The van der Waals surface area contributed by atoms with Crippen LogP contribution in [0.1, 0.15) is 24.0 Å². The van der Waals surface area contributed by atoms with Crippen LogP contribution in [0.2, 0.25) is 5.02 Å². The van der Waals surface area contributed by atoms with Crippen molar-refractivity contribution in [1.29, 1.82) is 0 Å². The van der Waals surface area contributed by atoms with Gasteiger partial charge in [0.2, 0.25) is 5.13 Å². The van der Waals surface area contributed by atoms with Crippen molar-refractivity contribution in [2.75, 3.05) is 13.7 Å². The lowest BCUT2D eigenvalue weighted by Gasteiger charge is -2.06. The Hall–Kier alpha value is -2.74. The zero-order valence-corrected chi connectivity index (χ0v) is 17.7. The largest absolute Gasteiger partial charge is 0.497 e. The maximum Gasteiger partial charge on any atom is 0.232 e. The van der Waals surface area contributed by atoms with Crippen molar-refractivity contribution in [3.8, 4) is 17.1 Å². The van der Waals surface area contributed by atoms with E-state index < -0.39 is 0 Å². The molecule has 4 aromatic rings. The molecule has 0 amide bonds. The summed E-state index contributed by atoms with van der Waals surface area (Å²) in [5, 5.41) is 12.1. The second-order valence-corrected chi connectivity index (χ2v) is 8.33. The third-order valence-electron chi connectivity index (χ3n) is 4.93. The van der Waals surface area contributed by atoms with E-state index in [1.165, 1.54) is 11.3 Å². The molecule has 1 atom stereocenters. The molecule has 0 bridgehead atoms. The monoisotopic (exact) mass is 439 g/mol. The maximum absolute atomic E-state index is 6.23. The predicted octanol–water partition coefficient (Wildman–Crippen LogP) is 5.70. The van der Waals surface area contributed by atoms with Gasteiger partial charge in [0.1, 0.15) is 28.2 Å². The Morgan fingerprint density at radius 1 is 1.13 bits per heavy atom. The SMILES string of the molecule is COc1ccc(-c2c/c(=N\c3nnc(C4CCCO4)s3)c3cc(Cl)ccc3o2)cc1. The van der Waals surface area contributed by atoms with Gasteiger partial charge in [0.25, 0.3) is 0 Å². The van der Waals surface area contributed by atoms with Crippen LogP contribution in [0.3, 0.4) is 0 Å². The molecule has 5 rings (SSSR count). The van der Waals surface area contributed by atoms with E-state index in [0.29, 0.717) is 21.5 Å². The van der Waals surface area contributed by atoms with Gasteiger partial charge in [-0.1, -0.05) is 22.9 Å². The number of fused-ring (bicyclic) bond motifs is 1.